The van der Waals surface area contributed by atoms with Gasteiger partial charge in [0.25, 0.3) is 0 Å². The summed E-state index contributed by atoms with van der Waals surface area (Å²) >= 11 is 0. The Morgan fingerprint density at radius 1 is 1.10 bits per heavy atom. The second kappa shape index (κ2) is 5.50. The summed E-state index contributed by atoms with van der Waals surface area (Å²) in [4.78, 5) is 0. The number of hydrogen-bond acceptors (Lipinski definition) is 2. The first-order valence-corrected chi connectivity index (χ1v) is 6.70. The molecule has 3 nitrogen and oxygen atoms in total. The van der Waals surface area contributed by atoms with Crippen LogP contribution in [-0.4, -0.2) is 14.9 Å². The molecule has 1 aromatic heterocycles. The number of para-hydroxylation sites is 1. The number of halogens is 1. The second-order valence-electron chi connectivity index (χ2n) is 4.93. The molecule has 0 aliphatic rings. The zero-order chi connectivity index (χ0) is 14.8. The topological polar surface area (TPSA) is 38.0 Å². The zero-order valence-corrected chi connectivity index (χ0v) is 11.6. The molecule has 1 atom stereocenters. The standard InChI is InChI=1S/C17H15FN2O/c1-12-11-13(7-8-15(12)18)17(21)16-9-10-20(19-16)14-5-3-2-4-6-14/h2-11,17,21H,1H3. The first-order valence-electron chi connectivity index (χ1n) is 6.70. The van der Waals surface area contributed by atoms with E-state index in [1.165, 1.54) is 6.07 Å². The molecule has 0 bridgehead atoms. The van der Waals surface area contributed by atoms with E-state index in [1.54, 1.807) is 36.0 Å². The van der Waals surface area contributed by atoms with Crippen LogP contribution < -0.4 is 0 Å². The summed E-state index contributed by atoms with van der Waals surface area (Å²) in [7, 11) is 0. The fraction of sp³-hybridized carbons (Fsp3) is 0.118. The van der Waals surface area contributed by atoms with Gasteiger partial charge in [-0.1, -0.05) is 30.3 Å². The van der Waals surface area contributed by atoms with Gasteiger partial charge in [-0.05, 0) is 42.3 Å². The summed E-state index contributed by atoms with van der Waals surface area (Å²) in [6.07, 6.45) is 0.929. The van der Waals surface area contributed by atoms with Crippen molar-refractivity contribution in [1.29, 1.82) is 0 Å². The number of rotatable bonds is 3. The van der Waals surface area contributed by atoms with Gasteiger partial charge in [0.1, 0.15) is 11.9 Å². The molecule has 0 fully saturated rings. The van der Waals surface area contributed by atoms with Gasteiger partial charge in [-0.2, -0.15) is 5.10 Å². The summed E-state index contributed by atoms with van der Waals surface area (Å²) in [6.45, 7) is 1.67. The maximum Gasteiger partial charge on any atom is 0.126 e. The number of aromatic nitrogens is 2. The third-order valence-corrected chi connectivity index (χ3v) is 3.41. The lowest BCUT2D eigenvalue weighted by molar-refractivity contribution is 0.214. The van der Waals surface area contributed by atoms with Gasteiger partial charge in [0.2, 0.25) is 0 Å². The Bertz CT molecular complexity index is 752. The summed E-state index contributed by atoms with van der Waals surface area (Å²) in [5.74, 6) is -0.277. The van der Waals surface area contributed by atoms with Crippen molar-refractivity contribution >= 4 is 0 Å². The molecule has 0 amide bonds. The quantitative estimate of drug-likeness (QED) is 0.799. The minimum atomic E-state index is -0.866. The third-order valence-electron chi connectivity index (χ3n) is 3.41. The lowest BCUT2D eigenvalue weighted by Gasteiger charge is -2.09. The average Bonchev–Trinajstić information content (AvgIpc) is 3.00. The van der Waals surface area contributed by atoms with Gasteiger partial charge < -0.3 is 5.11 Å². The number of nitrogens with zero attached hydrogens (tertiary/aromatic N) is 2. The van der Waals surface area contributed by atoms with E-state index in [1.807, 2.05) is 30.3 Å². The van der Waals surface area contributed by atoms with Crippen molar-refractivity contribution in [2.45, 2.75) is 13.0 Å². The molecule has 1 heterocycles. The smallest absolute Gasteiger partial charge is 0.126 e. The third kappa shape index (κ3) is 2.71. The van der Waals surface area contributed by atoms with Crippen LogP contribution in [0.5, 0.6) is 0 Å². The van der Waals surface area contributed by atoms with Gasteiger partial charge >= 0.3 is 0 Å². The zero-order valence-electron chi connectivity index (χ0n) is 11.6. The van der Waals surface area contributed by atoms with Crippen LogP contribution in [0.25, 0.3) is 5.69 Å². The number of aliphatic hydroxyl groups is 1. The molecule has 4 heteroatoms. The van der Waals surface area contributed by atoms with Crippen LogP contribution in [0.3, 0.4) is 0 Å². The lowest BCUT2D eigenvalue weighted by atomic mass is 10.0. The number of aryl methyl sites for hydroxylation is 1. The summed E-state index contributed by atoms with van der Waals surface area (Å²) < 4.78 is 15.0. The monoisotopic (exact) mass is 282 g/mol. The Labute approximate surface area is 122 Å². The predicted molar refractivity (Wildman–Crippen MR) is 78.8 cm³/mol. The minimum Gasteiger partial charge on any atom is -0.382 e. The maximum absolute atomic E-state index is 13.3. The number of hydrogen-bond donors (Lipinski definition) is 1. The maximum atomic E-state index is 13.3. The van der Waals surface area contributed by atoms with Gasteiger partial charge in [0.15, 0.2) is 0 Å². The molecule has 3 aromatic rings. The highest BCUT2D eigenvalue weighted by Gasteiger charge is 2.15. The molecule has 0 aliphatic carbocycles. The largest absolute Gasteiger partial charge is 0.382 e. The lowest BCUT2D eigenvalue weighted by Crippen LogP contribution is -2.03. The molecular weight excluding hydrogens is 267 g/mol. The van der Waals surface area contributed by atoms with Gasteiger partial charge in [-0.3, -0.25) is 0 Å². The van der Waals surface area contributed by atoms with Crippen molar-refractivity contribution in [3.8, 4) is 5.69 Å². The SMILES string of the molecule is Cc1cc(C(O)c2ccn(-c3ccccc3)n2)ccc1F. The second-order valence-corrected chi connectivity index (χ2v) is 4.93. The van der Waals surface area contributed by atoms with Crippen molar-refractivity contribution < 1.29 is 9.50 Å². The van der Waals surface area contributed by atoms with Crippen molar-refractivity contribution in [1.82, 2.24) is 9.78 Å². The number of benzene rings is 2. The van der Waals surface area contributed by atoms with Crippen LogP contribution in [0, 0.1) is 12.7 Å². The van der Waals surface area contributed by atoms with Gasteiger partial charge in [0, 0.05) is 6.20 Å². The minimum absolute atomic E-state index is 0.277. The highest BCUT2D eigenvalue weighted by atomic mass is 19.1. The van der Waals surface area contributed by atoms with E-state index in [2.05, 4.69) is 5.10 Å². The van der Waals surface area contributed by atoms with E-state index in [4.69, 9.17) is 0 Å². The number of aliphatic hydroxyl groups excluding tert-OH is 1. The first-order chi connectivity index (χ1) is 10.1. The molecule has 1 N–H and O–H groups in total. The van der Waals surface area contributed by atoms with E-state index in [0.29, 0.717) is 16.8 Å². The van der Waals surface area contributed by atoms with E-state index >= 15 is 0 Å². The fourth-order valence-corrected chi connectivity index (χ4v) is 2.22. The van der Waals surface area contributed by atoms with Crippen molar-refractivity contribution in [3.05, 3.63) is 83.4 Å². The molecule has 2 aromatic carbocycles. The Balaban J connectivity index is 1.90. The van der Waals surface area contributed by atoms with E-state index in [-0.39, 0.29) is 5.82 Å². The summed E-state index contributed by atoms with van der Waals surface area (Å²) in [5.41, 5.74) is 2.59. The van der Waals surface area contributed by atoms with Gasteiger partial charge in [0.05, 0.1) is 11.4 Å². The van der Waals surface area contributed by atoms with E-state index < -0.39 is 6.10 Å². The normalized spacial score (nSPS) is 12.3. The van der Waals surface area contributed by atoms with E-state index in [0.717, 1.165) is 5.69 Å². The van der Waals surface area contributed by atoms with Crippen LogP contribution in [0.4, 0.5) is 4.39 Å². The Morgan fingerprint density at radius 3 is 2.57 bits per heavy atom. The summed E-state index contributed by atoms with van der Waals surface area (Å²) in [5, 5.41) is 14.8. The van der Waals surface area contributed by atoms with Crippen LogP contribution >= 0.6 is 0 Å². The van der Waals surface area contributed by atoms with Crippen molar-refractivity contribution in [2.24, 2.45) is 0 Å². The molecular formula is C17H15FN2O. The van der Waals surface area contributed by atoms with Gasteiger partial charge in [-0.15, -0.1) is 0 Å². The van der Waals surface area contributed by atoms with Crippen molar-refractivity contribution in [2.75, 3.05) is 0 Å². The van der Waals surface area contributed by atoms with Crippen molar-refractivity contribution in [3.63, 3.8) is 0 Å². The molecule has 106 valence electrons. The van der Waals surface area contributed by atoms with E-state index in [9.17, 15) is 9.50 Å². The van der Waals surface area contributed by atoms with Crippen LogP contribution in [-0.2, 0) is 0 Å². The van der Waals surface area contributed by atoms with Crippen LogP contribution in [0.1, 0.15) is 22.9 Å². The van der Waals surface area contributed by atoms with Crippen LogP contribution in [0.15, 0.2) is 60.8 Å². The molecule has 0 radical (unpaired) electrons. The fourth-order valence-electron chi connectivity index (χ4n) is 2.22. The molecule has 0 aliphatic heterocycles. The molecule has 3 rings (SSSR count). The Hall–Kier alpha value is -2.46. The molecule has 0 saturated carbocycles. The first kappa shape index (κ1) is 13.5. The molecule has 1 unspecified atom stereocenters. The molecule has 0 spiro atoms. The Kier molecular flexibility index (Phi) is 3.54. The average molecular weight is 282 g/mol. The summed E-state index contributed by atoms with van der Waals surface area (Å²) in [6, 6.07) is 16.0. The highest BCUT2D eigenvalue weighted by Crippen LogP contribution is 2.23. The van der Waals surface area contributed by atoms with Gasteiger partial charge in [-0.25, -0.2) is 9.07 Å². The Morgan fingerprint density at radius 2 is 1.86 bits per heavy atom. The molecule has 21 heavy (non-hydrogen) atoms. The molecule has 0 saturated heterocycles. The van der Waals surface area contributed by atoms with Crippen LogP contribution in [0.2, 0.25) is 0 Å². The highest BCUT2D eigenvalue weighted by molar-refractivity contribution is 5.33. The predicted octanol–water partition coefficient (Wildman–Crippen LogP) is 3.40.